The van der Waals surface area contributed by atoms with Crippen LogP contribution in [-0.2, 0) is 9.53 Å². The molecule has 1 N–H and O–H groups in total. The molecule has 30 heavy (non-hydrogen) atoms. The lowest BCUT2D eigenvalue weighted by Crippen LogP contribution is -2.50. The number of carbonyl (C=O) groups excluding carboxylic acids is 4. The Hall–Kier alpha value is -3.48. The summed E-state index contributed by atoms with van der Waals surface area (Å²) in [6.45, 7) is 5.75. The van der Waals surface area contributed by atoms with Crippen molar-refractivity contribution >= 4 is 29.4 Å². The summed E-state index contributed by atoms with van der Waals surface area (Å²) >= 11 is 0. The van der Waals surface area contributed by atoms with Crippen molar-refractivity contribution < 1.29 is 23.9 Å². The molecule has 0 aromatic heterocycles. The molecule has 0 radical (unpaired) electrons. The van der Waals surface area contributed by atoms with Crippen LogP contribution in [0.1, 0.15) is 58.3 Å². The molecule has 2 aromatic rings. The number of anilines is 1. The first-order valence-corrected chi connectivity index (χ1v) is 9.90. The van der Waals surface area contributed by atoms with Gasteiger partial charge in [0.2, 0.25) is 5.91 Å². The van der Waals surface area contributed by atoms with E-state index in [-0.39, 0.29) is 5.92 Å². The smallest absolute Gasteiger partial charge is 0.338 e. The molecule has 1 aliphatic heterocycles. The quantitative estimate of drug-likeness (QED) is 0.559. The highest BCUT2D eigenvalue weighted by Gasteiger charge is 2.43. The van der Waals surface area contributed by atoms with Gasteiger partial charge in [-0.2, -0.15) is 0 Å². The van der Waals surface area contributed by atoms with Crippen LogP contribution in [0.3, 0.4) is 0 Å². The molecule has 156 valence electrons. The lowest BCUT2D eigenvalue weighted by atomic mass is 10.0. The van der Waals surface area contributed by atoms with Crippen molar-refractivity contribution in [1.29, 1.82) is 0 Å². The van der Waals surface area contributed by atoms with Gasteiger partial charge < -0.3 is 10.1 Å². The Morgan fingerprint density at radius 2 is 1.63 bits per heavy atom. The van der Waals surface area contributed by atoms with E-state index in [4.69, 9.17) is 4.74 Å². The van der Waals surface area contributed by atoms with Crippen LogP contribution >= 0.6 is 0 Å². The summed E-state index contributed by atoms with van der Waals surface area (Å²) in [5.74, 6) is -2.26. The zero-order valence-corrected chi connectivity index (χ0v) is 17.2. The van der Waals surface area contributed by atoms with E-state index >= 15 is 0 Å². The van der Waals surface area contributed by atoms with E-state index in [1.165, 1.54) is 6.07 Å². The number of fused-ring (bicyclic) bond motifs is 1. The number of carbonyl (C=O) groups is 4. The summed E-state index contributed by atoms with van der Waals surface area (Å²) in [7, 11) is 0. The Bertz CT molecular complexity index is 964. The highest BCUT2D eigenvalue weighted by molar-refractivity contribution is 6.23. The molecule has 1 atom stereocenters. The number of ether oxygens (including phenoxy) is 1. The number of hydrogen-bond acceptors (Lipinski definition) is 5. The minimum absolute atomic E-state index is 0.293. The van der Waals surface area contributed by atoms with Crippen LogP contribution in [0.4, 0.5) is 5.69 Å². The molecule has 7 heteroatoms. The Kier molecular flexibility index (Phi) is 6.30. The molecule has 1 aliphatic rings. The number of esters is 1. The van der Waals surface area contributed by atoms with Crippen molar-refractivity contribution in [2.45, 2.75) is 33.2 Å². The minimum atomic E-state index is -0.993. The zero-order valence-electron chi connectivity index (χ0n) is 17.2. The highest BCUT2D eigenvalue weighted by atomic mass is 16.5. The highest BCUT2D eigenvalue weighted by Crippen LogP contribution is 2.28. The van der Waals surface area contributed by atoms with Crippen LogP contribution in [0.25, 0.3) is 0 Å². The lowest BCUT2D eigenvalue weighted by molar-refractivity contribution is -0.121. The second-order valence-corrected chi connectivity index (χ2v) is 7.42. The third-order valence-electron chi connectivity index (χ3n) is 4.81. The molecule has 7 nitrogen and oxygen atoms in total. The first-order valence-electron chi connectivity index (χ1n) is 9.90. The van der Waals surface area contributed by atoms with Gasteiger partial charge in [0.15, 0.2) is 0 Å². The number of imide groups is 1. The maximum Gasteiger partial charge on any atom is 0.338 e. The summed E-state index contributed by atoms with van der Waals surface area (Å²) in [5, 5.41) is 2.73. The van der Waals surface area contributed by atoms with Gasteiger partial charge in [-0.15, -0.1) is 0 Å². The van der Waals surface area contributed by atoms with Crippen molar-refractivity contribution in [1.82, 2.24) is 4.90 Å². The first kappa shape index (κ1) is 21.2. The predicted molar refractivity (Wildman–Crippen MR) is 111 cm³/mol. The topological polar surface area (TPSA) is 92.8 Å². The molecule has 3 amide bonds. The van der Waals surface area contributed by atoms with Crippen LogP contribution in [-0.4, -0.2) is 41.2 Å². The van der Waals surface area contributed by atoms with Gasteiger partial charge in [-0.25, -0.2) is 4.79 Å². The number of rotatable bonds is 7. The number of nitrogens with one attached hydrogen (secondary N) is 1. The lowest BCUT2D eigenvalue weighted by Gasteiger charge is -2.28. The molecule has 0 aliphatic carbocycles. The molecular formula is C23H24N2O5. The number of amides is 3. The maximum atomic E-state index is 13.1. The number of hydrogen-bond donors (Lipinski definition) is 1. The maximum absolute atomic E-state index is 13.1. The van der Waals surface area contributed by atoms with E-state index in [1.54, 1.807) is 56.3 Å². The third kappa shape index (κ3) is 4.10. The standard InChI is InChI=1S/C23H24N2O5/c1-4-12-30-23(29)15-8-7-9-16(13-15)24-20(26)19(14(2)3)25-21(27)17-10-5-6-11-18(17)22(25)28/h5-11,13-14,19H,4,12H2,1-3H3,(H,24,26)/t19-/m1/s1. The second kappa shape index (κ2) is 8.90. The molecule has 0 spiro atoms. The van der Waals surface area contributed by atoms with Gasteiger partial charge in [0.25, 0.3) is 11.8 Å². The summed E-state index contributed by atoms with van der Waals surface area (Å²) in [6.07, 6.45) is 0.707. The molecule has 2 aromatic carbocycles. The van der Waals surface area contributed by atoms with Gasteiger partial charge >= 0.3 is 5.97 Å². The Morgan fingerprint density at radius 3 is 2.20 bits per heavy atom. The summed E-state index contributed by atoms with van der Waals surface area (Å²) in [4.78, 5) is 51.8. The van der Waals surface area contributed by atoms with Crippen LogP contribution < -0.4 is 5.32 Å². The van der Waals surface area contributed by atoms with E-state index in [0.29, 0.717) is 35.4 Å². The van der Waals surface area contributed by atoms with Crippen LogP contribution in [0.15, 0.2) is 48.5 Å². The number of nitrogens with zero attached hydrogens (tertiary/aromatic N) is 1. The Morgan fingerprint density at radius 1 is 1.00 bits per heavy atom. The molecule has 0 saturated heterocycles. The van der Waals surface area contributed by atoms with Gasteiger partial charge in [-0.3, -0.25) is 19.3 Å². The normalized spacial score (nSPS) is 13.9. The van der Waals surface area contributed by atoms with Crippen molar-refractivity contribution in [2.24, 2.45) is 5.92 Å². The summed E-state index contributed by atoms with van der Waals surface area (Å²) in [6, 6.07) is 11.9. The van der Waals surface area contributed by atoms with Gasteiger partial charge in [0.1, 0.15) is 6.04 Å². The molecule has 0 bridgehead atoms. The first-order chi connectivity index (χ1) is 14.3. The van der Waals surface area contributed by atoms with Crippen molar-refractivity contribution in [3.05, 3.63) is 65.2 Å². The van der Waals surface area contributed by atoms with E-state index in [9.17, 15) is 19.2 Å². The molecule has 0 fully saturated rings. The SMILES string of the molecule is CCCOC(=O)c1cccc(NC(=O)[C@@H](C(C)C)N2C(=O)c3ccccc3C2=O)c1. The van der Waals surface area contributed by atoms with E-state index in [2.05, 4.69) is 5.32 Å². The largest absolute Gasteiger partial charge is 0.462 e. The Labute approximate surface area is 175 Å². The fraction of sp³-hybridized carbons (Fsp3) is 0.304. The molecule has 3 rings (SSSR count). The zero-order chi connectivity index (χ0) is 21.8. The average Bonchev–Trinajstić information content (AvgIpc) is 2.97. The molecule has 0 saturated carbocycles. The van der Waals surface area contributed by atoms with Gasteiger partial charge in [-0.05, 0) is 42.7 Å². The minimum Gasteiger partial charge on any atom is -0.462 e. The summed E-state index contributed by atoms with van der Waals surface area (Å²) < 4.78 is 5.12. The molecular weight excluding hydrogens is 384 g/mol. The predicted octanol–water partition coefficient (Wildman–Crippen LogP) is 3.51. The Balaban J connectivity index is 1.82. The monoisotopic (exact) mass is 408 g/mol. The van der Waals surface area contributed by atoms with Crippen molar-refractivity contribution in [3.63, 3.8) is 0 Å². The van der Waals surface area contributed by atoms with Crippen LogP contribution in [0.2, 0.25) is 0 Å². The summed E-state index contributed by atoms with van der Waals surface area (Å²) in [5.41, 5.74) is 1.28. The number of benzene rings is 2. The fourth-order valence-corrected chi connectivity index (χ4v) is 3.40. The van der Waals surface area contributed by atoms with Crippen molar-refractivity contribution in [3.8, 4) is 0 Å². The van der Waals surface area contributed by atoms with Gasteiger partial charge in [0, 0.05) is 5.69 Å². The van der Waals surface area contributed by atoms with Crippen LogP contribution in [0, 0.1) is 5.92 Å². The van der Waals surface area contributed by atoms with Gasteiger partial charge in [0.05, 0.1) is 23.3 Å². The van der Waals surface area contributed by atoms with E-state index in [0.717, 1.165) is 4.90 Å². The second-order valence-electron chi connectivity index (χ2n) is 7.42. The van der Waals surface area contributed by atoms with E-state index < -0.39 is 29.7 Å². The van der Waals surface area contributed by atoms with Crippen LogP contribution in [0.5, 0.6) is 0 Å². The average molecular weight is 408 g/mol. The third-order valence-corrected chi connectivity index (χ3v) is 4.81. The molecule has 1 heterocycles. The van der Waals surface area contributed by atoms with Crippen molar-refractivity contribution in [2.75, 3.05) is 11.9 Å². The van der Waals surface area contributed by atoms with E-state index in [1.807, 2.05) is 6.92 Å². The fourth-order valence-electron chi connectivity index (χ4n) is 3.40. The van der Waals surface area contributed by atoms with Gasteiger partial charge in [-0.1, -0.05) is 39.0 Å². The molecule has 0 unspecified atom stereocenters.